The summed E-state index contributed by atoms with van der Waals surface area (Å²) in [4.78, 5) is 33.4. The van der Waals surface area contributed by atoms with E-state index in [1.807, 2.05) is 6.92 Å². The summed E-state index contributed by atoms with van der Waals surface area (Å²) in [5.74, 6) is 1.61. The zero-order valence-electron chi connectivity index (χ0n) is 16.5. The third-order valence-corrected chi connectivity index (χ3v) is 6.21. The molecule has 5 nitrogen and oxygen atoms in total. The molecule has 6 heteroatoms. The highest BCUT2D eigenvalue weighted by atomic mass is 32.2. The van der Waals surface area contributed by atoms with Gasteiger partial charge in [-0.15, -0.1) is 0 Å². The second-order valence-corrected chi connectivity index (χ2v) is 8.87. The number of ketones is 1. The van der Waals surface area contributed by atoms with Crippen molar-refractivity contribution in [3.05, 3.63) is 62.6 Å². The second kappa shape index (κ2) is 7.59. The molecule has 0 amide bonds. The Hall–Kier alpha value is -2.34. The summed E-state index contributed by atoms with van der Waals surface area (Å²) in [5, 5.41) is 3.92. The number of rotatable bonds is 4. The Morgan fingerprint density at radius 1 is 1.18 bits per heavy atom. The summed E-state index contributed by atoms with van der Waals surface area (Å²) < 4.78 is 0. The third kappa shape index (κ3) is 3.30. The van der Waals surface area contributed by atoms with Gasteiger partial charge in [-0.3, -0.25) is 9.59 Å². The van der Waals surface area contributed by atoms with E-state index in [-0.39, 0.29) is 17.3 Å². The molecule has 1 atom stereocenters. The fourth-order valence-corrected chi connectivity index (χ4v) is 4.65. The number of carbonyl (C=O) groups is 1. The van der Waals surface area contributed by atoms with Gasteiger partial charge in [0.25, 0.3) is 5.56 Å². The highest BCUT2D eigenvalue weighted by molar-refractivity contribution is 7.99. The van der Waals surface area contributed by atoms with Gasteiger partial charge in [0.05, 0.1) is 5.56 Å². The molecule has 1 aromatic heterocycles. The quantitative estimate of drug-likeness (QED) is 0.586. The molecule has 0 unspecified atom stereocenters. The van der Waals surface area contributed by atoms with Gasteiger partial charge in [-0.1, -0.05) is 56.8 Å². The molecule has 146 valence electrons. The smallest absolute Gasteiger partial charge is 0.257 e. The van der Waals surface area contributed by atoms with Crippen molar-refractivity contribution in [3.63, 3.8) is 0 Å². The molecule has 0 saturated carbocycles. The molecule has 4 rings (SSSR count). The summed E-state index contributed by atoms with van der Waals surface area (Å²) in [7, 11) is 0. The van der Waals surface area contributed by atoms with Gasteiger partial charge in [0.1, 0.15) is 5.82 Å². The minimum atomic E-state index is -0.364. The Balaban J connectivity index is 1.90. The minimum absolute atomic E-state index is 0.128. The predicted octanol–water partition coefficient (Wildman–Crippen LogP) is 4.57. The Morgan fingerprint density at radius 2 is 1.93 bits per heavy atom. The van der Waals surface area contributed by atoms with Crippen LogP contribution in [0.5, 0.6) is 0 Å². The van der Waals surface area contributed by atoms with Crippen LogP contribution in [0.15, 0.2) is 45.5 Å². The first-order valence-corrected chi connectivity index (χ1v) is 10.9. The van der Waals surface area contributed by atoms with Crippen LogP contribution in [0.1, 0.15) is 68.6 Å². The molecule has 1 aliphatic heterocycles. The zero-order valence-corrected chi connectivity index (χ0v) is 17.3. The number of fused-ring (bicyclic) bond motifs is 1. The molecule has 0 bridgehead atoms. The molecule has 0 radical (unpaired) electrons. The van der Waals surface area contributed by atoms with Crippen LogP contribution >= 0.6 is 11.8 Å². The highest BCUT2D eigenvalue weighted by Gasteiger charge is 2.37. The van der Waals surface area contributed by atoms with E-state index in [0.717, 1.165) is 35.4 Å². The monoisotopic (exact) mass is 395 g/mol. The number of H-pyrrole nitrogens is 1. The number of aromatic nitrogens is 2. The van der Waals surface area contributed by atoms with Crippen molar-refractivity contribution in [1.29, 1.82) is 0 Å². The second-order valence-electron chi connectivity index (χ2n) is 7.61. The van der Waals surface area contributed by atoms with Crippen molar-refractivity contribution in [2.75, 3.05) is 11.1 Å². The summed E-state index contributed by atoms with van der Waals surface area (Å²) in [6.45, 7) is 6.33. The number of carbonyl (C=O) groups excluding carboxylic acids is 1. The van der Waals surface area contributed by atoms with Crippen LogP contribution in [0.2, 0.25) is 0 Å². The lowest BCUT2D eigenvalue weighted by atomic mass is 9.76. The normalized spacial score (nSPS) is 18.7. The number of allylic oxidation sites excluding steroid dienone is 2. The van der Waals surface area contributed by atoms with Crippen molar-refractivity contribution in [1.82, 2.24) is 9.97 Å². The Bertz CT molecular complexity index is 1010. The predicted molar refractivity (Wildman–Crippen MR) is 113 cm³/mol. The van der Waals surface area contributed by atoms with Gasteiger partial charge in [0.2, 0.25) is 0 Å². The van der Waals surface area contributed by atoms with E-state index in [4.69, 9.17) is 0 Å². The number of benzene rings is 1. The van der Waals surface area contributed by atoms with Crippen molar-refractivity contribution in [2.24, 2.45) is 0 Å². The largest absolute Gasteiger partial charge is 0.343 e. The van der Waals surface area contributed by atoms with Gasteiger partial charge in [-0.2, -0.15) is 0 Å². The van der Waals surface area contributed by atoms with Crippen molar-refractivity contribution >= 4 is 23.4 Å². The molecule has 2 heterocycles. The number of nitrogens with zero attached hydrogens (tertiary/aromatic N) is 1. The van der Waals surface area contributed by atoms with Gasteiger partial charge in [0, 0.05) is 23.6 Å². The molecule has 0 saturated heterocycles. The first-order valence-electron chi connectivity index (χ1n) is 9.89. The number of Topliss-reactive ketones (excluding diaryl/α,β-unsaturated/α-hetero) is 1. The maximum atomic E-state index is 13.0. The number of thioether (sulfide) groups is 1. The van der Waals surface area contributed by atoms with E-state index in [2.05, 4.69) is 53.4 Å². The molecular formula is C22H25N3O2S. The number of hydrogen-bond acceptors (Lipinski definition) is 5. The lowest BCUT2D eigenvalue weighted by molar-refractivity contribution is -0.116. The average Bonchev–Trinajstić information content (AvgIpc) is 2.67. The molecule has 2 aromatic rings. The number of anilines is 1. The van der Waals surface area contributed by atoms with Crippen molar-refractivity contribution in [3.8, 4) is 0 Å². The molecule has 28 heavy (non-hydrogen) atoms. The van der Waals surface area contributed by atoms with E-state index < -0.39 is 0 Å². The van der Waals surface area contributed by atoms with Crippen LogP contribution < -0.4 is 10.9 Å². The van der Waals surface area contributed by atoms with Crippen LogP contribution in [0, 0.1) is 0 Å². The number of nitrogens with one attached hydrogen (secondary N) is 2. The van der Waals surface area contributed by atoms with E-state index in [9.17, 15) is 9.59 Å². The Kier molecular flexibility index (Phi) is 5.15. The van der Waals surface area contributed by atoms with Gasteiger partial charge in [-0.05, 0) is 35.6 Å². The maximum absolute atomic E-state index is 13.0. The van der Waals surface area contributed by atoms with Crippen molar-refractivity contribution < 1.29 is 4.79 Å². The molecule has 1 aromatic carbocycles. The van der Waals surface area contributed by atoms with Gasteiger partial charge in [0.15, 0.2) is 10.9 Å². The van der Waals surface area contributed by atoms with Crippen LogP contribution in [0.25, 0.3) is 0 Å². The first-order chi connectivity index (χ1) is 13.5. The lowest BCUT2D eigenvalue weighted by Gasteiger charge is -2.32. The zero-order chi connectivity index (χ0) is 19.8. The van der Waals surface area contributed by atoms with Gasteiger partial charge < -0.3 is 10.3 Å². The standard InChI is InChI=1S/C22H25N3O2S/c1-4-28-22-24-20-19(21(27)25-22)17(14-10-8-13(9-11-14)12(2)3)18-15(23-20)6-5-7-16(18)26/h8-12,17H,4-7H2,1-3H3,(H2,23,24,25,27)/t17-/m0/s1. The third-order valence-electron chi connectivity index (χ3n) is 5.45. The van der Waals surface area contributed by atoms with Crippen LogP contribution in [-0.2, 0) is 4.79 Å². The van der Waals surface area contributed by atoms with Crippen LogP contribution in [0.4, 0.5) is 5.82 Å². The summed E-state index contributed by atoms with van der Waals surface area (Å²) in [6.07, 6.45) is 2.18. The minimum Gasteiger partial charge on any atom is -0.343 e. The van der Waals surface area contributed by atoms with Crippen LogP contribution in [-0.4, -0.2) is 21.5 Å². The van der Waals surface area contributed by atoms with E-state index in [0.29, 0.717) is 28.9 Å². The van der Waals surface area contributed by atoms with Gasteiger partial charge in [-0.25, -0.2) is 4.98 Å². The van der Waals surface area contributed by atoms with E-state index in [1.165, 1.54) is 17.3 Å². The topological polar surface area (TPSA) is 74.8 Å². The molecule has 1 aliphatic carbocycles. The maximum Gasteiger partial charge on any atom is 0.257 e. The lowest BCUT2D eigenvalue weighted by Crippen LogP contribution is -2.32. The fraction of sp³-hybridized carbons (Fsp3) is 0.409. The summed E-state index contributed by atoms with van der Waals surface area (Å²) in [5.41, 5.74) is 4.25. The fourth-order valence-electron chi connectivity index (χ4n) is 4.05. The van der Waals surface area contributed by atoms with E-state index >= 15 is 0 Å². The number of aromatic amines is 1. The molecular weight excluding hydrogens is 370 g/mol. The number of hydrogen-bond donors (Lipinski definition) is 2. The molecule has 0 fully saturated rings. The van der Waals surface area contributed by atoms with Crippen molar-refractivity contribution in [2.45, 2.75) is 57.0 Å². The first kappa shape index (κ1) is 19.0. The van der Waals surface area contributed by atoms with Crippen LogP contribution in [0.3, 0.4) is 0 Å². The summed E-state index contributed by atoms with van der Waals surface area (Å²) in [6, 6.07) is 8.29. The highest BCUT2D eigenvalue weighted by Crippen LogP contribution is 2.43. The molecule has 2 aliphatic rings. The Morgan fingerprint density at radius 3 is 2.61 bits per heavy atom. The Labute approximate surface area is 169 Å². The van der Waals surface area contributed by atoms with Gasteiger partial charge >= 0.3 is 0 Å². The van der Waals surface area contributed by atoms with E-state index in [1.54, 1.807) is 0 Å². The summed E-state index contributed by atoms with van der Waals surface area (Å²) >= 11 is 1.50. The molecule has 2 N–H and O–H groups in total. The molecule has 0 spiro atoms. The average molecular weight is 396 g/mol. The SMILES string of the molecule is CCSc1nc2c(c(=O)[nH]1)[C@@H](c1ccc(C(C)C)cc1)C1=C(CCCC1=O)N2.